The molecule has 1 aliphatic rings. The van der Waals surface area contributed by atoms with E-state index >= 15 is 0 Å². The standard InChI is InChI=1S/C20H22N4O/c1-25-18-12-7-13-24(18)20-22-17-11-6-5-10-16(17)19(23-20)21-14-15-8-3-2-4-9-15/h2-6,8-11,18H,7,12-14H2,1H3,(H,21,22,23)/t18-/m0/s1. The van der Waals surface area contributed by atoms with Crippen molar-refractivity contribution in [2.75, 3.05) is 23.9 Å². The van der Waals surface area contributed by atoms with Crippen molar-refractivity contribution in [3.05, 3.63) is 60.2 Å². The van der Waals surface area contributed by atoms with Gasteiger partial charge in [0.2, 0.25) is 5.95 Å². The van der Waals surface area contributed by atoms with Crippen molar-refractivity contribution in [3.63, 3.8) is 0 Å². The first kappa shape index (κ1) is 15.8. The molecule has 3 aromatic rings. The number of methoxy groups -OCH3 is 1. The highest BCUT2D eigenvalue weighted by Crippen LogP contribution is 2.28. The summed E-state index contributed by atoms with van der Waals surface area (Å²) in [6.07, 6.45) is 2.17. The van der Waals surface area contributed by atoms with Crippen molar-refractivity contribution in [1.82, 2.24) is 9.97 Å². The first-order valence-corrected chi connectivity index (χ1v) is 8.69. The summed E-state index contributed by atoms with van der Waals surface area (Å²) in [7, 11) is 1.75. The van der Waals surface area contributed by atoms with Gasteiger partial charge in [-0.25, -0.2) is 4.98 Å². The Morgan fingerprint density at radius 2 is 1.88 bits per heavy atom. The predicted molar refractivity (Wildman–Crippen MR) is 101 cm³/mol. The molecule has 5 nitrogen and oxygen atoms in total. The maximum Gasteiger partial charge on any atom is 0.229 e. The largest absolute Gasteiger partial charge is 0.365 e. The molecule has 128 valence electrons. The van der Waals surface area contributed by atoms with Crippen LogP contribution in [0.3, 0.4) is 0 Å². The van der Waals surface area contributed by atoms with E-state index < -0.39 is 0 Å². The number of fused-ring (bicyclic) bond motifs is 1. The summed E-state index contributed by atoms with van der Waals surface area (Å²) in [5.41, 5.74) is 2.17. The average molecular weight is 334 g/mol. The van der Waals surface area contributed by atoms with Gasteiger partial charge in [-0.2, -0.15) is 4.98 Å². The third-order valence-corrected chi connectivity index (χ3v) is 4.62. The fourth-order valence-electron chi connectivity index (χ4n) is 3.32. The molecule has 1 aromatic heterocycles. The highest BCUT2D eigenvalue weighted by Gasteiger charge is 2.27. The molecule has 1 fully saturated rings. The van der Waals surface area contributed by atoms with Crippen LogP contribution in [0.25, 0.3) is 10.9 Å². The van der Waals surface area contributed by atoms with Crippen molar-refractivity contribution in [1.29, 1.82) is 0 Å². The van der Waals surface area contributed by atoms with Crippen molar-refractivity contribution < 1.29 is 4.74 Å². The molecule has 25 heavy (non-hydrogen) atoms. The zero-order valence-electron chi connectivity index (χ0n) is 14.4. The quantitative estimate of drug-likeness (QED) is 0.769. The highest BCUT2D eigenvalue weighted by atomic mass is 16.5. The van der Waals surface area contributed by atoms with E-state index in [1.165, 1.54) is 5.56 Å². The molecule has 0 aliphatic carbocycles. The van der Waals surface area contributed by atoms with Gasteiger partial charge < -0.3 is 15.0 Å². The van der Waals surface area contributed by atoms with E-state index in [0.29, 0.717) is 0 Å². The van der Waals surface area contributed by atoms with Crippen molar-refractivity contribution >= 4 is 22.7 Å². The second-order valence-electron chi connectivity index (χ2n) is 6.25. The second-order valence-corrected chi connectivity index (χ2v) is 6.25. The molecular weight excluding hydrogens is 312 g/mol. The number of ether oxygens (including phenoxy) is 1. The van der Waals surface area contributed by atoms with E-state index in [1.54, 1.807) is 7.11 Å². The number of benzene rings is 2. The summed E-state index contributed by atoms with van der Waals surface area (Å²) >= 11 is 0. The molecule has 0 spiro atoms. The number of nitrogens with one attached hydrogen (secondary N) is 1. The van der Waals surface area contributed by atoms with Crippen LogP contribution in [-0.4, -0.2) is 29.9 Å². The summed E-state index contributed by atoms with van der Waals surface area (Å²) in [6.45, 7) is 1.66. The maximum absolute atomic E-state index is 5.58. The van der Waals surface area contributed by atoms with Crippen LogP contribution in [0.1, 0.15) is 18.4 Å². The van der Waals surface area contributed by atoms with Crippen LogP contribution in [0.5, 0.6) is 0 Å². The molecule has 1 aliphatic heterocycles. The molecule has 4 rings (SSSR count). The van der Waals surface area contributed by atoms with E-state index in [-0.39, 0.29) is 6.23 Å². The van der Waals surface area contributed by atoms with Crippen LogP contribution in [-0.2, 0) is 11.3 Å². The fraction of sp³-hybridized carbons (Fsp3) is 0.300. The van der Waals surface area contributed by atoms with Crippen LogP contribution < -0.4 is 10.2 Å². The van der Waals surface area contributed by atoms with E-state index in [4.69, 9.17) is 14.7 Å². The molecule has 0 saturated carbocycles. The smallest absolute Gasteiger partial charge is 0.229 e. The number of para-hydroxylation sites is 1. The molecule has 1 atom stereocenters. The molecule has 0 radical (unpaired) electrons. The van der Waals surface area contributed by atoms with E-state index in [1.807, 2.05) is 36.4 Å². The molecular formula is C20H22N4O. The monoisotopic (exact) mass is 334 g/mol. The lowest BCUT2D eigenvalue weighted by Gasteiger charge is -2.24. The number of hydrogen-bond acceptors (Lipinski definition) is 5. The van der Waals surface area contributed by atoms with E-state index in [2.05, 4.69) is 28.4 Å². The van der Waals surface area contributed by atoms with Crippen molar-refractivity contribution in [2.24, 2.45) is 0 Å². The topological polar surface area (TPSA) is 50.3 Å². The Kier molecular flexibility index (Phi) is 4.48. The Bertz CT molecular complexity index is 853. The average Bonchev–Trinajstić information content (AvgIpc) is 3.15. The van der Waals surface area contributed by atoms with Gasteiger partial charge in [0, 0.05) is 25.6 Å². The fourth-order valence-corrected chi connectivity index (χ4v) is 3.32. The Balaban J connectivity index is 1.69. The van der Waals surface area contributed by atoms with Gasteiger partial charge in [0.25, 0.3) is 0 Å². The minimum absolute atomic E-state index is 0.0585. The molecule has 1 saturated heterocycles. The molecule has 5 heteroatoms. The Morgan fingerprint density at radius 1 is 1.08 bits per heavy atom. The first-order valence-electron chi connectivity index (χ1n) is 8.69. The first-order chi connectivity index (χ1) is 12.3. The Morgan fingerprint density at radius 3 is 2.72 bits per heavy atom. The van der Waals surface area contributed by atoms with Crippen LogP contribution in [0, 0.1) is 0 Å². The van der Waals surface area contributed by atoms with Gasteiger partial charge in [-0.1, -0.05) is 42.5 Å². The second kappa shape index (κ2) is 7.07. The highest BCUT2D eigenvalue weighted by molar-refractivity contribution is 5.90. The Labute approximate surface area is 147 Å². The molecule has 0 bridgehead atoms. The lowest BCUT2D eigenvalue weighted by atomic mass is 10.2. The van der Waals surface area contributed by atoms with Gasteiger partial charge >= 0.3 is 0 Å². The molecule has 0 amide bonds. The normalized spacial score (nSPS) is 17.2. The van der Waals surface area contributed by atoms with Gasteiger partial charge in [-0.15, -0.1) is 0 Å². The van der Waals surface area contributed by atoms with Crippen LogP contribution >= 0.6 is 0 Å². The van der Waals surface area contributed by atoms with Crippen LogP contribution in [0.4, 0.5) is 11.8 Å². The Hall–Kier alpha value is -2.66. The number of rotatable bonds is 5. The lowest BCUT2D eigenvalue weighted by molar-refractivity contribution is 0.110. The molecule has 1 N–H and O–H groups in total. The minimum atomic E-state index is 0.0585. The van der Waals surface area contributed by atoms with Crippen molar-refractivity contribution in [3.8, 4) is 0 Å². The van der Waals surface area contributed by atoms with Crippen LogP contribution in [0.15, 0.2) is 54.6 Å². The van der Waals surface area contributed by atoms with E-state index in [9.17, 15) is 0 Å². The van der Waals surface area contributed by atoms with Gasteiger partial charge in [-0.05, 0) is 30.5 Å². The summed E-state index contributed by atoms with van der Waals surface area (Å²) < 4.78 is 5.58. The SMILES string of the molecule is CO[C@H]1CCCN1c1nc(NCc2ccccc2)c2ccccc2n1. The summed E-state index contributed by atoms with van der Waals surface area (Å²) in [4.78, 5) is 11.7. The third-order valence-electron chi connectivity index (χ3n) is 4.62. The number of hydrogen-bond donors (Lipinski definition) is 1. The number of aromatic nitrogens is 2. The zero-order valence-corrected chi connectivity index (χ0v) is 14.4. The minimum Gasteiger partial charge on any atom is -0.365 e. The molecule has 0 unspecified atom stereocenters. The van der Waals surface area contributed by atoms with Gasteiger partial charge in [0.1, 0.15) is 12.0 Å². The van der Waals surface area contributed by atoms with Gasteiger partial charge in [0.15, 0.2) is 0 Å². The molecule has 2 heterocycles. The zero-order chi connectivity index (χ0) is 17.1. The summed E-state index contributed by atoms with van der Waals surface area (Å²) in [5.74, 6) is 1.60. The lowest BCUT2D eigenvalue weighted by Crippen LogP contribution is -2.32. The molecule has 2 aromatic carbocycles. The van der Waals surface area contributed by atoms with Gasteiger partial charge in [-0.3, -0.25) is 0 Å². The van der Waals surface area contributed by atoms with Gasteiger partial charge in [0.05, 0.1) is 5.52 Å². The number of nitrogens with zero attached hydrogens (tertiary/aromatic N) is 3. The summed E-state index contributed by atoms with van der Waals surface area (Å²) in [5, 5.41) is 4.52. The predicted octanol–water partition coefficient (Wildman–Crippen LogP) is 3.81. The maximum atomic E-state index is 5.58. The number of anilines is 2. The van der Waals surface area contributed by atoms with Crippen molar-refractivity contribution in [2.45, 2.75) is 25.6 Å². The van der Waals surface area contributed by atoms with E-state index in [0.717, 1.165) is 48.6 Å². The summed E-state index contributed by atoms with van der Waals surface area (Å²) in [6, 6.07) is 18.5. The van der Waals surface area contributed by atoms with Crippen LogP contribution in [0.2, 0.25) is 0 Å². The third kappa shape index (κ3) is 3.28.